The van der Waals surface area contributed by atoms with Gasteiger partial charge in [0.05, 0.1) is 12.2 Å². The number of amides is 1. The smallest absolute Gasteiger partial charge is 0.222 e. The maximum absolute atomic E-state index is 11.5. The van der Waals surface area contributed by atoms with Gasteiger partial charge in [0.15, 0.2) is 0 Å². The van der Waals surface area contributed by atoms with Crippen LogP contribution in [0.5, 0.6) is 0 Å². The molecule has 106 valence electrons. The van der Waals surface area contributed by atoms with Gasteiger partial charge in [-0.05, 0) is 38.5 Å². The molecule has 4 nitrogen and oxygen atoms in total. The number of ether oxygens (including phenoxy) is 1. The normalized spacial score (nSPS) is 28.1. The molecule has 1 rings (SSSR count). The Hall–Kier alpha value is -0.610. The third-order valence-corrected chi connectivity index (χ3v) is 3.91. The minimum absolute atomic E-state index is 0.0329. The molecular weight excluding hydrogens is 230 g/mol. The Labute approximate surface area is 110 Å². The van der Waals surface area contributed by atoms with Crippen molar-refractivity contribution in [1.82, 2.24) is 5.32 Å². The molecule has 0 atom stereocenters. The molecule has 0 unspecified atom stereocenters. The van der Waals surface area contributed by atoms with Gasteiger partial charge in [0.25, 0.3) is 0 Å². The van der Waals surface area contributed by atoms with Crippen LogP contribution in [0.2, 0.25) is 0 Å². The van der Waals surface area contributed by atoms with Crippen LogP contribution in [0, 0.1) is 5.92 Å². The van der Waals surface area contributed by atoms with Crippen molar-refractivity contribution in [1.29, 1.82) is 0 Å². The van der Waals surface area contributed by atoms with Crippen LogP contribution in [0.3, 0.4) is 0 Å². The molecule has 0 aromatic carbocycles. The molecule has 2 N–H and O–H groups in total. The molecule has 0 bridgehead atoms. The van der Waals surface area contributed by atoms with Crippen LogP contribution in [0.4, 0.5) is 0 Å². The van der Waals surface area contributed by atoms with Crippen molar-refractivity contribution in [2.45, 2.75) is 58.0 Å². The second-order valence-corrected chi connectivity index (χ2v) is 5.30. The maximum atomic E-state index is 11.5. The highest BCUT2D eigenvalue weighted by atomic mass is 16.5. The summed E-state index contributed by atoms with van der Waals surface area (Å²) in [7, 11) is 0. The summed E-state index contributed by atoms with van der Waals surface area (Å²) in [6.07, 6.45) is 5.32. The van der Waals surface area contributed by atoms with Gasteiger partial charge in [0.1, 0.15) is 0 Å². The van der Waals surface area contributed by atoms with Crippen molar-refractivity contribution >= 4 is 5.91 Å². The van der Waals surface area contributed by atoms with E-state index in [-0.39, 0.29) is 5.91 Å². The van der Waals surface area contributed by atoms with Gasteiger partial charge >= 0.3 is 0 Å². The van der Waals surface area contributed by atoms with E-state index in [2.05, 4.69) is 12.2 Å². The maximum Gasteiger partial charge on any atom is 0.222 e. The van der Waals surface area contributed by atoms with Crippen LogP contribution in [-0.4, -0.2) is 36.4 Å². The molecule has 0 aliphatic heterocycles. The molecule has 0 radical (unpaired) electrons. The number of aliphatic hydroxyl groups is 1. The monoisotopic (exact) mass is 257 g/mol. The number of carbonyl (C=O) groups excluding carboxylic acids is 1. The summed E-state index contributed by atoms with van der Waals surface area (Å²) in [5.74, 6) is 0.716. The lowest BCUT2D eigenvalue weighted by Crippen LogP contribution is -2.45. The van der Waals surface area contributed by atoms with Crippen LogP contribution in [0.1, 0.15) is 52.4 Å². The first-order chi connectivity index (χ1) is 8.59. The summed E-state index contributed by atoms with van der Waals surface area (Å²) in [4.78, 5) is 11.5. The van der Waals surface area contributed by atoms with Crippen molar-refractivity contribution in [3.8, 4) is 0 Å². The number of hydrogen-bond donors (Lipinski definition) is 2. The fraction of sp³-hybridized carbons (Fsp3) is 0.929. The molecule has 1 saturated carbocycles. The molecule has 1 fully saturated rings. The number of hydrogen-bond acceptors (Lipinski definition) is 3. The minimum Gasteiger partial charge on any atom is -0.388 e. The van der Waals surface area contributed by atoms with Gasteiger partial charge in [0, 0.05) is 19.6 Å². The van der Waals surface area contributed by atoms with Gasteiger partial charge in [0.2, 0.25) is 5.91 Å². The first-order valence-corrected chi connectivity index (χ1v) is 7.16. The Bertz CT molecular complexity index is 247. The van der Waals surface area contributed by atoms with Crippen molar-refractivity contribution in [2.75, 3.05) is 19.8 Å². The van der Waals surface area contributed by atoms with Crippen molar-refractivity contribution in [2.24, 2.45) is 5.92 Å². The van der Waals surface area contributed by atoms with E-state index in [1.54, 1.807) is 0 Å². The lowest BCUT2D eigenvalue weighted by Gasteiger charge is -2.35. The summed E-state index contributed by atoms with van der Waals surface area (Å²) in [5.41, 5.74) is -0.688. The Balaban J connectivity index is 2.19. The molecule has 1 amide bonds. The topological polar surface area (TPSA) is 58.6 Å². The Morgan fingerprint density at radius 1 is 1.39 bits per heavy atom. The standard InChI is InChI=1S/C14H27NO3/c1-3-12-5-8-14(17,9-6-12)11-15-13(16)7-10-18-4-2/h12,17H,3-11H2,1-2H3,(H,15,16). The van der Waals surface area contributed by atoms with Crippen LogP contribution in [0.15, 0.2) is 0 Å². The van der Waals surface area contributed by atoms with E-state index in [0.717, 1.165) is 31.6 Å². The van der Waals surface area contributed by atoms with Crippen molar-refractivity contribution in [3.05, 3.63) is 0 Å². The van der Waals surface area contributed by atoms with E-state index in [1.807, 2.05) is 6.92 Å². The highest BCUT2D eigenvalue weighted by molar-refractivity contribution is 5.76. The molecule has 0 aromatic heterocycles. The highest BCUT2D eigenvalue weighted by Gasteiger charge is 2.32. The zero-order valence-electron chi connectivity index (χ0n) is 11.7. The molecule has 0 heterocycles. The SMILES string of the molecule is CCOCCC(=O)NCC1(O)CCC(CC)CC1. The third-order valence-electron chi connectivity index (χ3n) is 3.91. The van der Waals surface area contributed by atoms with Crippen LogP contribution in [-0.2, 0) is 9.53 Å². The predicted molar refractivity (Wildman–Crippen MR) is 71.3 cm³/mol. The third kappa shape index (κ3) is 5.36. The molecule has 4 heteroatoms. The average molecular weight is 257 g/mol. The van der Waals surface area contributed by atoms with Crippen LogP contribution in [0.25, 0.3) is 0 Å². The van der Waals surface area contributed by atoms with Gasteiger partial charge in [-0.2, -0.15) is 0 Å². The second kappa shape index (κ2) is 7.74. The van der Waals surface area contributed by atoms with Crippen molar-refractivity contribution in [3.63, 3.8) is 0 Å². The summed E-state index contributed by atoms with van der Waals surface area (Å²) in [6.45, 7) is 5.58. The van der Waals surface area contributed by atoms with E-state index in [4.69, 9.17) is 4.74 Å². The summed E-state index contributed by atoms with van der Waals surface area (Å²) in [6, 6.07) is 0. The lowest BCUT2D eigenvalue weighted by atomic mass is 9.78. The van der Waals surface area contributed by atoms with Gasteiger partial charge in [-0.25, -0.2) is 0 Å². The summed E-state index contributed by atoms with van der Waals surface area (Å²) >= 11 is 0. The van der Waals surface area contributed by atoms with Crippen LogP contribution < -0.4 is 5.32 Å². The second-order valence-electron chi connectivity index (χ2n) is 5.30. The fourth-order valence-electron chi connectivity index (χ4n) is 2.46. The molecule has 18 heavy (non-hydrogen) atoms. The summed E-state index contributed by atoms with van der Waals surface area (Å²) < 4.78 is 5.13. The largest absolute Gasteiger partial charge is 0.388 e. The van der Waals surface area contributed by atoms with Gasteiger partial charge < -0.3 is 15.2 Å². The fourth-order valence-corrected chi connectivity index (χ4v) is 2.46. The zero-order valence-corrected chi connectivity index (χ0v) is 11.7. The van der Waals surface area contributed by atoms with E-state index in [1.165, 1.54) is 6.42 Å². The van der Waals surface area contributed by atoms with Gasteiger partial charge in [-0.1, -0.05) is 13.3 Å². The minimum atomic E-state index is -0.688. The molecule has 1 aliphatic carbocycles. The molecule has 1 aliphatic rings. The van der Waals surface area contributed by atoms with E-state index in [9.17, 15) is 9.90 Å². The van der Waals surface area contributed by atoms with E-state index in [0.29, 0.717) is 26.2 Å². The van der Waals surface area contributed by atoms with Crippen LogP contribution >= 0.6 is 0 Å². The molecular formula is C14H27NO3. The molecule has 0 spiro atoms. The summed E-state index contributed by atoms with van der Waals surface area (Å²) in [5, 5.41) is 13.2. The number of rotatable bonds is 7. The first kappa shape index (κ1) is 15.4. The quantitative estimate of drug-likeness (QED) is 0.684. The Kier molecular flexibility index (Phi) is 6.65. The Morgan fingerprint density at radius 3 is 2.61 bits per heavy atom. The highest BCUT2D eigenvalue weighted by Crippen LogP contribution is 2.33. The lowest BCUT2D eigenvalue weighted by molar-refractivity contribution is -0.123. The van der Waals surface area contributed by atoms with E-state index >= 15 is 0 Å². The predicted octanol–water partition coefficient (Wildman–Crippen LogP) is 1.86. The zero-order chi connectivity index (χ0) is 13.4. The molecule has 0 aromatic rings. The van der Waals surface area contributed by atoms with Gasteiger partial charge in [-0.15, -0.1) is 0 Å². The van der Waals surface area contributed by atoms with Gasteiger partial charge in [-0.3, -0.25) is 4.79 Å². The number of carbonyl (C=O) groups is 1. The van der Waals surface area contributed by atoms with Crippen molar-refractivity contribution < 1.29 is 14.6 Å². The first-order valence-electron chi connectivity index (χ1n) is 7.16. The molecule has 0 saturated heterocycles. The van der Waals surface area contributed by atoms with E-state index < -0.39 is 5.60 Å². The average Bonchev–Trinajstić information content (AvgIpc) is 2.38. The Morgan fingerprint density at radius 2 is 2.06 bits per heavy atom. The number of nitrogens with one attached hydrogen (secondary N) is 1.